The number of benzene rings is 1. The van der Waals surface area contributed by atoms with Gasteiger partial charge in [-0.25, -0.2) is 8.42 Å². The highest BCUT2D eigenvalue weighted by atomic mass is 35.5. The second-order valence-electron chi connectivity index (χ2n) is 5.66. The van der Waals surface area contributed by atoms with Crippen LogP contribution in [-0.2, 0) is 21.3 Å². The maximum Gasteiger partial charge on any atom is 0.270 e. The van der Waals surface area contributed by atoms with Gasteiger partial charge in [0.25, 0.3) is 15.9 Å². The lowest BCUT2D eigenvalue weighted by atomic mass is 10.3. The number of carbonyl (C=O) groups excluding carboxylic acids is 1. The topological polar surface area (TPSA) is 80.6 Å². The average molecular weight is 384 g/mol. The minimum absolute atomic E-state index is 0.0458. The molecule has 0 aliphatic carbocycles. The van der Waals surface area contributed by atoms with Gasteiger partial charge < -0.3 is 14.2 Å². The molecule has 2 heterocycles. The molecule has 7 nitrogen and oxygen atoms in total. The third-order valence-electron chi connectivity index (χ3n) is 3.94. The Hall–Kier alpha value is -2.03. The Labute approximate surface area is 151 Å². The molecule has 1 amide bonds. The Balaban J connectivity index is 1.84. The van der Waals surface area contributed by atoms with Gasteiger partial charge in [0.1, 0.15) is 10.6 Å². The summed E-state index contributed by atoms with van der Waals surface area (Å²) in [5.41, 5.74) is 0.721. The van der Waals surface area contributed by atoms with Gasteiger partial charge in [0, 0.05) is 38.0 Å². The number of amides is 1. The summed E-state index contributed by atoms with van der Waals surface area (Å²) in [7, 11) is -2.23. The van der Waals surface area contributed by atoms with Crippen molar-refractivity contribution in [1.82, 2.24) is 9.47 Å². The molecule has 1 aliphatic rings. The predicted octanol–water partition coefficient (Wildman–Crippen LogP) is 2.04. The van der Waals surface area contributed by atoms with Gasteiger partial charge in [-0.05, 0) is 24.3 Å². The van der Waals surface area contributed by atoms with Gasteiger partial charge in [0.15, 0.2) is 0 Å². The fourth-order valence-corrected chi connectivity index (χ4v) is 3.95. The fourth-order valence-electron chi connectivity index (χ4n) is 2.67. The summed E-state index contributed by atoms with van der Waals surface area (Å²) in [4.78, 5) is 14.2. The molecule has 0 fully saturated rings. The lowest BCUT2D eigenvalue weighted by molar-refractivity contribution is 0.0641. The van der Waals surface area contributed by atoms with Crippen LogP contribution >= 0.6 is 11.6 Å². The lowest BCUT2D eigenvalue weighted by Crippen LogP contribution is -2.41. The van der Waals surface area contributed by atoms with Crippen LogP contribution in [0.4, 0.5) is 5.69 Å². The molecule has 0 bridgehead atoms. The number of carbonyl (C=O) groups is 1. The zero-order chi connectivity index (χ0) is 18.0. The van der Waals surface area contributed by atoms with E-state index in [4.69, 9.17) is 16.3 Å². The van der Waals surface area contributed by atoms with Gasteiger partial charge in [0.2, 0.25) is 0 Å². The van der Waals surface area contributed by atoms with E-state index in [1.54, 1.807) is 34.8 Å². The van der Waals surface area contributed by atoms with Crippen molar-refractivity contribution in [1.29, 1.82) is 0 Å². The van der Waals surface area contributed by atoms with Crippen molar-refractivity contribution in [3.63, 3.8) is 0 Å². The van der Waals surface area contributed by atoms with Crippen LogP contribution in [0.15, 0.2) is 41.4 Å². The van der Waals surface area contributed by atoms with Crippen LogP contribution in [0.1, 0.15) is 10.5 Å². The molecule has 1 aromatic carbocycles. The molecule has 1 N–H and O–H groups in total. The molecule has 9 heteroatoms. The second-order valence-corrected chi connectivity index (χ2v) is 7.77. The Kier molecular flexibility index (Phi) is 5.03. The van der Waals surface area contributed by atoms with Gasteiger partial charge in [-0.1, -0.05) is 17.7 Å². The molecular formula is C16H18ClN3O4S. The van der Waals surface area contributed by atoms with Crippen molar-refractivity contribution in [2.45, 2.75) is 11.4 Å². The summed E-state index contributed by atoms with van der Waals surface area (Å²) in [6.45, 7) is 1.97. The van der Waals surface area contributed by atoms with E-state index in [2.05, 4.69) is 4.72 Å². The number of hydrogen-bond donors (Lipinski definition) is 1. The quantitative estimate of drug-likeness (QED) is 0.827. The number of rotatable bonds is 6. The number of fused-ring (bicyclic) bond motifs is 1. The minimum Gasteiger partial charge on any atom is -0.383 e. The van der Waals surface area contributed by atoms with Gasteiger partial charge in [-0.2, -0.15) is 0 Å². The maximum atomic E-state index is 12.6. The van der Waals surface area contributed by atoms with Crippen LogP contribution in [0.5, 0.6) is 0 Å². The molecule has 2 aromatic rings. The molecule has 1 aromatic heterocycles. The van der Waals surface area contributed by atoms with Crippen LogP contribution in [0.2, 0.25) is 5.02 Å². The number of nitrogens with zero attached hydrogens (tertiary/aromatic N) is 2. The first-order valence-corrected chi connectivity index (χ1v) is 9.53. The van der Waals surface area contributed by atoms with Crippen molar-refractivity contribution >= 4 is 33.2 Å². The largest absolute Gasteiger partial charge is 0.383 e. The first kappa shape index (κ1) is 17.8. The van der Waals surface area contributed by atoms with E-state index >= 15 is 0 Å². The first-order valence-electron chi connectivity index (χ1n) is 7.67. The summed E-state index contributed by atoms with van der Waals surface area (Å²) in [6.07, 6.45) is 1.48. The monoisotopic (exact) mass is 383 g/mol. The maximum absolute atomic E-state index is 12.6. The van der Waals surface area contributed by atoms with E-state index in [0.717, 1.165) is 0 Å². The number of sulfonamides is 1. The summed E-state index contributed by atoms with van der Waals surface area (Å²) in [5.74, 6) is -0.201. The van der Waals surface area contributed by atoms with Crippen LogP contribution in [0, 0.1) is 0 Å². The Morgan fingerprint density at radius 2 is 2.08 bits per heavy atom. The normalized spacial score (nSPS) is 14.5. The van der Waals surface area contributed by atoms with Crippen molar-refractivity contribution in [2.24, 2.45) is 0 Å². The summed E-state index contributed by atoms with van der Waals surface area (Å²) in [5, 5.41) is 0.431. The highest BCUT2D eigenvalue weighted by Gasteiger charge is 2.28. The highest BCUT2D eigenvalue weighted by Crippen LogP contribution is 2.23. The van der Waals surface area contributed by atoms with E-state index in [9.17, 15) is 13.2 Å². The molecule has 0 saturated heterocycles. The van der Waals surface area contributed by atoms with Crippen molar-refractivity contribution < 1.29 is 17.9 Å². The van der Waals surface area contributed by atoms with Crippen LogP contribution in [-0.4, -0.2) is 50.6 Å². The number of aromatic nitrogens is 1. The second kappa shape index (κ2) is 7.07. The number of ether oxygens (including phenoxy) is 1. The zero-order valence-electron chi connectivity index (χ0n) is 13.6. The van der Waals surface area contributed by atoms with E-state index in [1.165, 1.54) is 18.3 Å². The van der Waals surface area contributed by atoms with E-state index in [1.807, 2.05) is 0 Å². The smallest absolute Gasteiger partial charge is 0.270 e. The summed E-state index contributed by atoms with van der Waals surface area (Å²) in [6, 6.07) is 7.84. The average Bonchev–Trinajstić information content (AvgIpc) is 3.00. The number of hydrogen-bond acceptors (Lipinski definition) is 4. The predicted molar refractivity (Wildman–Crippen MR) is 94.5 cm³/mol. The molecular weight excluding hydrogens is 366 g/mol. The molecule has 25 heavy (non-hydrogen) atoms. The molecule has 134 valence electrons. The molecule has 0 spiro atoms. The SMILES string of the molecule is COCCN1CCn2cc(S(=O)(=O)Nc3cccc(Cl)c3)cc2C1=O. The third kappa shape index (κ3) is 3.81. The molecule has 0 unspecified atom stereocenters. The van der Waals surface area contributed by atoms with Crippen molar-refractivity contribution in [3.05, 3.63) is 47.2 Å². The molecule has 0 atom stereocenters. The zero-order valence-corrected chi connectivity index (χ0v) is 15.2. The van der Waals surface area contributed by atoms with Crippen molar-refractivity contribution in [3.8, 4) is 0 Å². The van der Waals surface area contributed by atoms with Crippen LogP contribution < -0.4 is 4.72 Å². The van der Waals surface area contributed by atoms with E-state index in [-0.39, 0.29) is 10.8 Å². The molecule has 1 aliphatic heterocycles. The van der Waals surface area contributed by atoms with Gasteiger partial charge in [0.05, 0.1) is 12.3 Å². The van der Waals surface area contributed by atoms with Gasteiger partial charge >= 0.3 is 0 Å². The minimum atomic E-state index is -3.81. The van der Waals surface area contributed by atoms with Crippen molar-refractivity contribution in [2.75, 3.05) is 31.5 Å². The number of halogens is 1. The van der Waals surface area contributed by atoms with Gasteiger partial charge in [-0.15, -0.1) is 0 Å². The first-order chi connectivity index (χ1) is 11.9. The van der Waals surface area contributed by atoms with Crippen LogP contribution in [0.3, 0.4) is 0 Å². The number of anilines is 1. The Morgan fingerprint density at radius 3 is 2.80 bits per heavy atom. The Morgan fingerprint density at radius 1 is 1.28 bits per heavy atom. The summed E-state index contributed by atoms with van der Waals surface area (Å²) < 4.78 is 34.3. The molecule has 0 radical (unpaired) electrons. The lowest BCUT2D eigenvalue weighted by Gasteiger charge is -2.27. The van der Waals surface area contributed by atoms with Crippen LogP contribution in [0.25, 0.3) is 0 Å². The summed E-state index contributed by atoms with van der Waals surface area (Å²) >= 11 is 5.88. The third-order valence-corrected chi connectivity index (χ3v) is 5.52. The van der Waals surface area contributed by atoms with Gasteiger partial charge in [-0.3, -0.25) is 9.52 Å². The Bertz CT molecular complexity index is 895. The highest BCUT2D eigenvalue weighted by molar-refractivity contribution is 7.92. The van der Waals surface area contributed by atoms with E-state index in [0.29, 0.717) is 42.6 Å². The van der Waals surface area contributed by atoms with E-state index < -0.39 is 10.0 Å². The number of methoxy groups -OCH3 is 1. The molecule has 0 saturated carbocycles. The number of nitrogens with one attached hydrogen (secondary N) is 1. The standard InChI is InChI=1S/C16H18ClN3O4S/c1-24-8-7-19-5-6-20-11-14(10-15(20)16(19)21)25(22,23)18-13-4-2-3-12(17)9-13/h2-4,9-11,18H,5-8H2,1H3. The fraction of sp³-hybridized carbons (Fsp3) is 0.312. The molecule has 3 rings (SSSR count).